The van der Waals surface area contributed by atoms with Gasteiger partial charge in [0.2, 0.25) is 5.54 Å². The van der Waals surface area contributed by atoms with E-state index in [9.17, 15) is 24.3 Å². The summed E-state index contributed by atoms with van der Waals surface area (Å²) in [6, 6.07) is 0. The molecule has 0 aliphatic heterocycles. The van der Waals surface area contributed by atoms with Crippen LogP contribution >= 0.6 is 0 Å². The van der Waals surface area contributed by atoms with E-state index in [4.69, 9.17) is 15.2 Å². The molecule has 0 aromatic rings. The van der Waals surface area contributed by atoms with Crippen molar-refractivity contribution in [3.05, 3.63) is 0 Å². The highest BCUT2D eigenvalue weighted by Crippen LogP contribution is 2.35. The first-order valence-electron chi connectivity index (χ1n) is 9.92. The van der Waals surface area contributed by atoms with Crippen molar-refractivity contribution in [3.8, 4) is 0 Å². The second-order valence-electron chi connectivity index (χ2n) is 9.23. The second kappa shape index (κ2) is 9.45. The fourth-order valence-electron chi connectivity index (χ4n) is 3.58. The number of alkyl carbamates (subject to hydrolysis) is 1. The number of nitrogens with one attached hydrogen (secondary N) is 1. The number of carbonyl (C=O) groups is 4. The van der Waals surface area contributed by atoms with Gasteiger partial charge in [0.15, 0.2) is 0 Å². The number of carboxylic acid groups (broad SMARTS) is 1. The van der Waals surface area contributed by atoms with E-state index < -0.39 is 41.5 Å². The highest BCUT2D eigenvalue weighted by atomic mass is 16.6. The number of amides is 2. The van der Waals surface area contributed by atoms with E-state index in [0.717, 1.165) is 12.8 Å². The average Bonchev–Trinajstić information content (AvgIpc) is 2.51. The van der Waals surface area contributed by atoms with Gasteiger partial charge in [-0.2, -0.15) is 0 Å². The van der Waals surface area contributed by atoms with Crippen LogP contribution in [0.2, 0.25) is 0 Å². The van der Waals surface area contributed by atoms with Crippen LogP contribution in [0.1, 0.15) is 67.2 Å². The van der Waals surface area contributed by atoms with Crippen LogP contribution in [0.5, 0.6) is 0 Å². The van der Waals surface area contributed by atoms with E-state index in [-0.39, 0.29) is 17.9 Å². The monoisotopic (exact) mass is 414 g/mol. The van der Waals surface area contributed by atoms with Crippen molar-refractivity contribution >= 4 is 23.9 Å². The molecule has 2 amide bonds. The zero-order valence-electron chi connectivity index (χ0n) is 18.1. The molecule has 9 heteroatoms. The summed E-state index contributed by atoms with van der Waals surface area (Å²) in [7, 11) is 0. The van der Waals surface area contributed by atoms with Crippen LogP contribution in [0.15, 0.2) is 0 Å². The van der Waals surface area contributed by atoms with Gasteiger partial charge in [0.1, 0.15) is 11.7 Å². The molecule has 0 aromatic carbocycles. The molecule has 0 saturated heterocycles. The molecule has 1 aliphatic carbocycles. The summed E-state index contributed by atoms with van der Waals surface area (Å²) in [5.41, 5.74) is 1.67. The fraction of sp³-hybridized carbons (Fsp3) is 0.800. The third-order valence-corrected chi connectivity index (χ3v) is 5.15. The number of carbonyl (C=O) groups excluding carboxylic acids is 3. The minimum Gasteiger partial charge on any atom is -0.479 e. The third-order valence-electron chi connectivity index (χ3n) is 5.15. The van der Waals surface area contributed by atoms with Crippen molar-refractivity contribution in [2.24, 2.45) is 23.5 Å². The Kier molecular flexibility index (Phi) is 8.06. The van der Waals surface area contributed by atoms with Crippen molar-refractivity contribution < 1.29 is 33.8 Å². The number of aliphatic carboxylic acids is 1. The van der Waals surface area contributed by atoms with Crippen LogP contribution in [0, 0.1) is 17.8 Å². The minimum absolute atomic E-state index is 0.141. The lowest BCUT2D eigenvalue weighted by Gasteiger charge is -2.37. The number of nitrogens with two attached hydrogens (primary N) is 1. The number of hydrogen-bond donors (Lipinski definition) is 3. The number of esters is 1. The van der Waals surface area contributed by atoms with Gasteiger partial charge in [0.25, 0.3) is 5.91 Å². The topological polar surface area (TPSA) is 145 Å². The van der Waals surface area contributed by atoms with Crippen molar-refractivity contribution in [3.63, 3.8) is 0 Å². The Morgan fingerprint density at radius 1 is 1.17 bits per heavy atom. The van der Waals surface area contributed by atoms with E-state index >= 15 is 0 Å². The fourth-order valence-corrected chi connectivity index (χ4v) is 3.58. The molecular weight excluding hydrogens is 380 g/mol. The quantitative estimate of drug-likeness (QED) is 0.428. The lowest BCUT2D eigenvalue weighted by molar-refractivity contribution is -0.164. The van der Waals surface area contributed by atoms with Crippen molar-refractivity contribution in [2.75, 3.05) is 0 Å². The largest absolute Gasteiger partial charge is 0.479 e. The Morgan fingerprint density at radius 2 is 1.76 bits per heavy atom. The Bertz CT molecular complexity index is 625. The van der Waals surface area contributed by atoms with Crippen LogP contribution in [0.4, 0.5) is 4.79 Å². The Labute approximate surface area is 171 Å². The lowest BCUT2D eigenvalue weighted by Crippen LogP contribution is -2.64. The zero-order valence-corrected chi connectivity index (χ0v) is 18.1. The number of hydrogen-bond acceptors (Lipinski definition) is 6. The molecule has 0 heterocycles. The Balaban J connectivity index is 3.00. The zero-order chi connectivity index (χ0) is 22.6. The van der Waals surface area contributed by atoms with Crippen molar-refractivity contribution in [2.45, 2.75) is 84.5 Å². The molecule has 1 saturated carbocycles. The molecule has 0 aromatic heterocycles. The first kappa shape index (κ1) is 24.7. The molecule has 3 unspecified atom stereocenters. The van der Waals surface area contributed by atoms with Crippen LogP contribution in [-0.2, 0) is 23.9 Å². The van der Waals surface area contributed by atoms with E-state index in [0.29, 0.717) is 12.3 Å². The highest BCUT2D eigenvalue weighted by Gasteiger charge is 2.50. The summed E-state index contributed by atoms with van der Waals surface area (Å²) in [5.74, 6) is -3.27. The van der Waals surface area contributed by atoms with Crippen LogP contribution in [-0.4, -0.2) is 46.3 Å². The summed E-state index contributed by atoms with van der Waals surface area (Å²) in [6.07, 6.45) is 0.103. The predicted molar refractivity (Wildman–Crippen MR) is 105 cm³/mol. The van der Waals surface area contributed by atoms with E-state index in [1.54, 1.807) is 20.8 Å². The van der Waals surface area contributed by atoms with Gasteiger partial charge in [-0.25, -0.2) is 9.59 Å². The molecule has 0 radical (unpaired) electrons. The lowest BCUT2D eigenvalue weighted by atomic mass is 9.75. The van der Waals surface area contributed by atoms with Gasteiger partial charge in [-0.05, 0) is 51.4 Å². The molecule has 29 heavy (non-hydrogen) atoms. The minimum atomic E-state index is -2.66. The number of ether oxygens (including phenoxy) is 2. The van der Waals surface area contributed by atoms with Gasteiger partial charge in [-0.1, -0.05) is 27.2 Å². The second-order valence-corrected chi connectivity index (χ2v) is 9.23. The summed E-state index contributed by atoms with van der Waals surface area (Å²) in [5, 5.41) is 11.6. The molecule has 9 nitrogen and oxygen atoms in total. The maximum absolute atomic E-state index is 12.6. The van der Waals surface area contributed by atoms with Gasteiger partial charge >= 0.3 is 18.0 Å². The van der Waals surface area contributed by atoms with E-state index in [1.165, 1.54) is 0 Å². The van der Waals surface area contributed by atoms with Crippen molar-refractivity contribution in [1.29, 1.82) is 0 Å². The van der Waals surface area contributed by atoms with Gasteiger partial charge in [0, 0.05) is 0 Å². The molecule has 166 valence electrons. The standard InChI is InChI=1S/C20H34N2O7/c1-11(2)13-8-7-12(3)9-14(13)28-15(23)10-20(16(21)24,17(25)26)22-18(27)29-19(4,5)6/h11-14H,7-10H2,1-6H3,(H2,21,24)(H,22,27)(H,25,26)/t12?,13?,14?,20-/m1/s1. The average molecular weight is 414 g/mol. The van der Waals surface area contributed by atoms with Crippen molar-refractivity contribution in [1.82, 2.24) is 5.32 Å². The SMILES string of the molecule is CC1CCC(C(C)C)C(OC(=O)C[C@@](NC(=O)OC(C)(C)C)(C(N)=O)C(=O)O)C1. The third kappa shape index (κ3) is 6.90. The number of primary amides is 1. The maximum Gasteiger partial charge on any atom is 0.408 e. The summed E-state index contributed by atoms with van der Waals surface area (Å²) in [4.78, 5) is 48.5. The van der Waals surface area contributed by atoms with E-state index in [2.05, 4.69) is 6.92 Å². The molecule has 1 aliphatic rings. The normalized spacial score (nSPS) is 24.3. The Hall–Kier alpha value is -2.32. The smallest absolute Gasteiger partial charge is 0.408 e. The molecule has 1 fully saturated rings. The first-order chi connectivity index (χ1) is 13.2. The summed E-state index contributed by atoms with van der Waals surface area (Å²) in [6.45, 7) is 10.9. The van der Waals surface area contributed by atoms with Gasteiger partial charge < -0.3 is 20.3 Å². The molecular formula is C20H34N2O7. The predicted octanol–water partition coefficient (Wildman–Crippen LogP) is 2.21. The summed E-state index contributed by atoms with van der Waals surface area (Å²) >= 11 is 0. The number of rotatable bonds is 7. The van der Waals surface area contributed by atoms with Gasteiger partial charge in [-0.3, -0.25) is 14.9 Å². The molecule has 0 bridgehead atoms. The first-order valence-corrected chi connectivity index (χ1v) is 9.92. The van der Waals surface area contributed by atoms with Crippen LogP contribution in [0.3, 0.4) is 0 Å². The highest BCUT2D eigenvalue weighted by molar-refractivity contribution is 6.10. The van der Waals surface area contributed by atoms with Gasteiger partial charge in [0.05, 0.1) is 6.42 Å². The molecule has 4 N–H and O–H groups in total. The molecule has 1 rings (SSSR count). The van der Waals surface area contributed by atoms with E-state index in [1.807, 2.05) is 19.2 Å². The maximum atomic E-state index is 12.6. The summed E-state index contributed by atoms with van der Waals surface area (Å²) < 4.78 is 10.6. The number of carboxylic acids is 1. The molecule has 4 atom stereocenters. The van der Waals surface area contributed by atoms with Crippen LogP contribution < -0.4 is 11.1 Å². The Morgan fingerprint density at radius 3 is 2.21 bits per heavy atom. The van der Waals surface area contributed by atoms with Crippen LogP contribution in [0.25, 0.3) is 0 Å². The molecule has 0 spiro atoms. The van der Waals surface area contributed by atoms with Gasteiger partial charge in [-0.15, -0.1) is 0 Å².